The number of fused-ring (bicyclic) bond motifs is 1. The van der Waals surface area contributed by atoms with Crippen LogP contribution >= 0.6 is 11.8 Å². The van der Waals surface area contributed by atoms with E-state index in [1.54, 1.807) is 7.05 Å². The van der Waals surface area contributed by atoms with Crippen molar-refractivity contribution < 1.29 is 4.79 Å². The summed E-state index contributed by atoms with van der Waals surface area (Å²) in [6.45, 7) is 6.18. The molecule has 0 saturated heterocycles. The van der Waals surface area contributed by atoms with Crippen LogP contribution in [0.4, 0.5) is 5.82 Å². The zero-order chi connectivity index (χ0) is 18.8. The normalized spacial score (nSPS) is 10.7. The molecule has 0 aliphatic carbocycles. The molecule has 7 heteroatoms. The lowest BCUT2D eigenvalue weighted by atomic mass is 10.0. The van der Waals surface area contributed by atoms with Crippen molar-refractivity contribution in [1.29, 1.82) is 5.26 Å². The van der Waals surface area contributed by atoms with Crippen molar-refractivity contribution in [3.05, 3.63) is 46.6 Å². The molecule has 0 saturated carbocycles. The lowest BCUT2D eigenvalue weighted by Crippen LogP contribution is -2.17. The molecule has 26 heavy (non-hydrogen) atoms. The number of carbonyl (C=O) groups is 1. The first kappa shape index (κ1) is 18.0. The Morgan fingerprint density at radius 3 is 2.77 bits per heavy atom. The molecule has 132 valence electrons. The van der Waals surface area contributed by atoms with Crippen LogP contribution in [0.2, 0.25) is 0 Å². The summed E-state index contributed by atoms with van der Waals surface area (Å²) in [6, 6.07) is 8.27. The van der Waals surface area contributed by atoms with Gasteiger partial charge in [-0.2, -0.15) is 10.4 Å². The molecule has 3 aromatic rings. The van der Waals surface area contributed by atoms with E-state index in [-0.39, 0.29) is 11.7 Å². The van der Waals surface area contributed by atoms with Gasteiger partial charge in [0.2, 0.25) is 5.91 Å². The Kier molecular flexibility index (Phi) is 4.96. The zero-order valence-corrected chi connectivity index (χ0v) is 15.9. The third kappa shape index (κ3) is 3.55. The maximum Gasteiger partial charge on any atom is 0.235 e. The lowest BCUT2D eigenvalue weighted by Gasteiger charge is -2.10. The van der Waals surface area contributed by atoms with E-state index >= 15 is 0 Å². The quantitative estimate of drug-likeness (QED) is 0.716. The molecule has 1 N–H and O–H groups in total. The second-order valence-corrected chi connectivity index (χ2v) is 7.23. The summed E-state index contributed by atoms with van der Waals surface area (Å²) in [5.41, 5.74) is 4.80. The van der Waals surface area contributed by atoms with Gasteiger partial charge < -0.3 is 5.32 Å². The Hall–Kier alpha value is -2.85. The van der Waals surface area contributed by atoms with E-state index in [1.807, 2.05) is 12.1 Å². The number of amides is 1. The number of hydrogen-bond acceptors (Lipinski definition) is 5. The summed E-state index contributed by atoms with van der Waals surface area (Å²) in [7, 11) is 1.68. The smallest absolute Gasteiger partial charge is 0.235 e. The maximum absolute atomic E-state index is 12.3. The molecular formula is C19H19N5OS. The molecule has 0 bridgehead atoms. The zero-order valence-electron chi connectivity index (χ0n) is 15.1. The topological polar surface area (TPSA) is 83.6 Å². The average Bonchev–Trinajstić information content (AvgIpc) is 2.94. The molecule has 1 aromatic carbocycles. The largest absolute Gasteiger partial charge is 0.309 e. The number of nitriles is 1. The third-order valence-electron chi connectivity index (χ3n) is 4.10. The van der Waals surface area contributed by atoms with Crippen LogP contribution in [-0.2, 0) is 11.8 Å². The first-order valence-corrected chi connectivity index (χ1v) is 9.11. The lowest BCUT2D eigenvalue weighted by molar-refractivity contribution is -0.113. The van der Waals surface area contributed by atoms with Gasteiger partial charge in [-0.25, -0.2) is 4.98 Å². The van der Waals surface area contributed by atoms with Gasteiger partial charge in [0.1, 0.15) is 17.5 Å². The molecule has 0 spiro atoms. The van der Waals surface area contributed by atoms with Crippen molar-refractivity contribution >= 4 is 34.4 Å². The number of nitrogens with one attached hydrogen (secondary N) is 1. The number of aromatic nitrogens is 3. The fraction of sp³-hybridized carbons (Fsp3) is 0.263. The number of nitrogens with zero attached hydrogens (tertiary/aromatic N) is 4. The molecule has 0 atom stereocenters. The van der Waals surface area contributed by atoms with E-state index in [2.05, 4.69) is 43.3 Å². The van der Waals surface area contributed by atoms with E-state index in [9.17, 15) is 4.79 Å². The van der Waals surface area contributed by atoms with Gasteiger partial charge in [-0.15, -0.1) is 0 Å². The predicted molar refractivity (Wildman–Crippen MR) is 103 cm³/mol. The second kappa shape index (κ2) is 7.18. The molecule has 0 aliphatic heterocycles. The SMILES string of the molecule is Cc1cc(C)c2nc(SCC(=O)Nc3c(C#N)cnn3C)cc(C)c2c1. The fourth-order valence-corrected chi connectivity index (χ4v) is 3.63. The molecule has 0 fully saturated rings. The van der Waals surface area contributed by atoms with Crippen LogP contribution in [0.1, 0.15) is 22.3 Å². The first-order valence-electron chi connectivity index (χ1n) is 8.12. The van der Waals surface area contributed by atoms with Gasteiger partial charge in [0.05, 0.1) is 22.5 Å². The standard InChI is InChI=1S/C19H19N5OS/c1-11-5-13(3)18-15(6-11)12(2)7-17(23-18)26-10-16(25)22-19-14(8-20)9-21-24(19)4/h5-7,9H,10H2,1-4H3,(H,22,25). The van der Waals surface area contributed by atoms with Crippen LogP contribution in [0.3, 0.4) is 0 Å². The van der Waals surface area contributed by atoms with Crippen molar-refractivity contribution in [2.75, 3.05) is 11.1 Å². The Morgan fingerprint density at radius 2 is 2.04 bits per heavy atom. The Labute approximate surface area is 156 Å². The van der Waals surface area contributed by atoms with Gasteiger partial charge in [-0.1, -0.05) is 23.4 Å². The Morgan fingerprint density at radius 1 is 1.27 bits per heavy atom. The molecule has 6 nitrogen and oxygen atoms in total. The highest BCUT2D eigenvalue weighted by Crippen LogP contribution is 2.27. The highest BCUT2D eigenvalue weighted by Gasteiger charge is 2.13. The number of thioether (sulfide) groups is 1. The monoisotopic (exact) mass is 365 g/mol. The van der Waals surface area contributed by atoms with E-state index in [4.69, 9.17) is 10.2 Å². The van der Waals surface area contributed by atoms with Crippen LogP contribution in [0.15, 0.2) is 29.4 Å². The van der Waals surface area contributed by atoms with Crippen LogP contribution in [0, 0.1) is 32.1 Å². The van der Waals surface area contributed by atoms with E-state index < -0.39 is 0 Å². The van der Waals surface area contributed by atoms with Crippen LogP contribution < -0.4 is 5.32 Å². The Bertz CT molecular complexity index is 1050. The minimum Gasteiger partial charge on any atom is -0.309 e. The predicted octanol–water partition coefficient (Wildman–Crippen LogP) is 3.50. The first-order chi connectivity index (χ1) is 12.4. The van der Waals surface area contributed by atoms with Crippen molar-refractivity contribution in [3.63, 3.8) is 0 Å². The summed E-state index contributed by atoms with van der Waals surface area (Å²) in [5, 5.41) is 17.7. The van der Waals surface area contributed by atoms with Crippen molar-refractivity contribution in [2.24, 2.45) is 7.05 Å². The third-order valence-corrected chi connectivity index (χ3v) is 5.01. The number of rotatable bonds is 4. The van der Waals surface area contributed by atoms with Crippen LogP contribution in [0.5, 0.6) is 0 Å². The molecule has 1 amide bonds. The summed E-state index contributed by atoms with van der Waals surface area (Å²) in [6.07, 6.45) is 1.43. The average molecular weight is 365 g/mol. The highest BCUT2D eigenvalue weighted by molar-refractivity contribution is 7.99. The van der Waals surface area contributed by atoms with Crippen LogP contribution in [0.25, 0.3) is 10.9 Å². The van der Waals surface area contributed by atoms with Gasteiger partial charge in [0.15, 0.2) is 0 Å². The number of pyridine rings is 1. The van der Waals surface area contributed by atoms with Crippen LogP contribution in [-0.4, -0.2) is 26.4 Å². The molecule has 0 unspecified atom stereocenters. The minimum atomic E-state index is -0.199. The molecule has 0 radical (unpaired) electrons. The van der Waals surface area contributed by atoms with Gasteiger partial charge in [0.25, 0.3) is 0 Å². The number of aryl methyl sites for hydroxylation is 4. The van der Waals surface area contributed by atoms with Gasteiger partial charge in [0, 0.05) is 12.4 Å². The molecule has 2 heterocycles. The van der Waals surface area contributed by atoms with E-state index in [1.165, 1.54) is 28.2 Å². The second-order valence-electron chi connectivity index (χ2n) is 6.23. The summed E-state index contributed by atoms with van der Waals surface area (Å²) in [4.78, 5) is 17.0. The molecule has 3 rings (SSSR count). The van der Waals surface area contributed by atoms with E-state index in [0.717, 1.165) is 27.1 Å². The number of carbonyl (C=O) groups excluding carboxylic acids is 1. The van der Waals surface area contributed by atoms with E-state index in [0.29, 0.717) is 11.4 Å². The number of hydrogen-bond donors (Lipinski definition) is 1. The number of benzene rings is 1. The summed E-state index contributed by atoms with van der Waals surface area (Å²) < 4.78 is 1.48. The fourth-order valence-electron chi connectivity index (χ4n) is 2.86. The molecule has 2 aromatic heterocycles. The molecule has 0 aliphatic rings. The van der Waals surface area contributed by atoms with Gasteiger partial charge in [-0.05, 0) is 44.0 Å². The Balaban J connectivity index is 1.76. The number of anilines is 1. The summed E-state index contributed by atoms with van der Waals surface area (Å²) in [5.74, 6) is 0.418. The highest BCUT2D eigenvalue weighted by atomic mass is 32.2. The van der Waals surface area contributed by atoms with Gasteiger partial charge in [-0.3, -0.25) is 9.48 Å². The summed E-state index contributed by atoms with van der Waals surface area (Å²) >= 11 is 1.38. The maximum atomic E-state index is 12.3. The van der Waals surface area contributed by atoms with Crippen molar-refractivity contribution in [3.8, 4) is 6.07 Å². The minimum absolute atomic E-state index is 0.199. The van der Waals surface area contributed by atoms with Crippen molar-refractivity contribution in [1.82, 2.24) is 14.8 Å². The molecular weight excluding hydrogens is 346 g/mol. The van der Waals surface area contributed by atoms with Gasteiger partial charge >= 0.3 is 0 Å². The van der Waals surface area contributed by atoms with Crippen molar-refractivity contribution in [2.45, 2.75) is 25.8 Å².